The van der Waals surface area contributed by atoms with Crippen molar-refractivity contribution >= 4 is 28.2 Å². The molecular formula is C7H9NOS2. The van der Waals surface area contributed by atoms with Gasteiger partial charge in [0.15, 0.2) is 5.12 Å². The summed E-state index contributed by atoms with van der Waals surface area (Å²) < 4.78 is 0. The molecule has 0 amide bonds. The molecule has 0 saturated carbocycles. The van der Waals surface area contributed by atoms with Crippen molar-refractivity contribution < 1.29 is 4.79 Å². The highest BCUT2D eigenvalue weighted by Crippen LogP contribution is 2.14. The molecule has 1 aromatic heterocycles. The Labute approximate surface area is 74.0 Å². The van der Waals surface area contributed by atoms with E-state index in [1.54, 1.807) is 18.3 Å². The number of hydrogen-bond donors (Lipinski definition) is 0. The van der Waals surface area contributed by atoms with E-state index in [0.29, 0.717) is 5.75 Å². The molecule has 4 heteroatoms. The van der Waals surface area contributed by atoms with Crippen LogP contribution in [0.15, 0.2) is 5.38 Å². The number of carbonyl (C=O) groups excluding carboxylic acids is 1. The standard InChI is InChI=1S/C7H9NOS2/c1-5-8-7(3-10-5)4-11-6(2)9/h3H,4H2,1-2H3. The first-order chi connectivity index (χ1) is 5.18. The summed E-state index contributed by atoms with van der Waals surface area (Å²) in [6, 6.07) is 0. The van der Waals surface area contributed by atoms with Crippen molar-refractivity contribution in [2.24, 2.45) is 0 Å². The molecule has 0 aliphatic heterocycles. The van der Waals surface area contributed by atoms with Crippen molar-refractivity contribution in [3.8, 4) is 0 Å². The first-order valence-electron chi connectivity index (χ1n) is 3.23. The second kappa shape index (κ2) is 3.88. The van der Waals surface area contributed by atoms with Crippen LogP contribution in [0.5, 0.6) is 0 Å². The quantitative estimate of drug-likeness (QED) is 0.711. The summed E-state index contributed by atoms with van der Waals surface area (Å²) in [5, 5.41) is 3.20. The number of thioether (sulfide) groups is 1. The Bertz CT molecular complexity index is 257. The van der Waals surface area contributed by atoms with Gasteiger partial charge in [0, 0.05) is 18.1 Å². The van der Waals surface area contributed by atoms with Gasteiger partial charge in [0.1, 0.15) is 0 Å². The molecule has 0 unspecified atom stereocenters. The van der Waals surface area contributed by atoms with Gasteiger partial charge < -0.3 is 0 Å². The zero-order valence-corrected chi connectivity index (χ0v) is 8.09. The molecule has 11 heavy (non-hydrogen) atoms. The van der Waals surface area contributed by atoms with E-state index in [1.807, 2.05) is 12.3 Å². The van der Waals surface area contributed by atoms with Gasteiger partial charge in [-0.2, -0.15) is 0 Å². The summed E-state index contributed by atoms with van der Waals surface area (Å²) >= 11 is 2.92. The maximum atomic E-state index is 10.6. The van der Waals surface area contributed by atoms with Crippen molar-refractivity contribution in [1.82, 2.24) is 4.98 Å². The lowest BCUT2D eigenvalue weighted by Gasteiger charge is -1.90. The van der Waals surface area contributed by atoms with Gasteiger partial charge in [-0.15, -0.1) is 11.3 Å². The molecule has 2 nitrogen and oxygen atoms in total. The molecule has 0 fully saturated rings. The third-order valence-electron chi connectivity index (χ3n) is 1.09. The molecule has 0 spiro atoms. The Balaban J connectivity index is 2.45. The predicted molar refractivity (Wildman–Crippen MR) is 48.8 cm³/mol. The molecule has 1 aromatic rings. The summed E-state index contributed by atoms with van der Waals surface area (Å²) in [6.07, 6.45) is 0. The molecular weight excluding hydrogens is 178 g/mol. The van der Waals surface area contributed by atoms with Crippen LogP contribution in [0.3, 0.4) is 0 Å². The van der Waals surface area contributed by atoms with E-state index in [2.05, 4.69) is 4.98 Å². The van der Waals surface area contributed by atoms with Gasteiger partial charge in [0.2, 0.25) is 0 Å². The van der Waals surface area contributed by atoms with E-state index in [-0.39, 0.29) is 5.12 Å². The van der Waals surface area contributed by atoms with Gasteiger partial charge in [-0.05, 0) is 6.92 Å². The molecule has 0 atom stereocenters. The van der Waals surface area contributed by atoms with Crippen molar-refractivity contribution in [2.75, 3.05) is 0 Å². The average molecular weight is 187 g/mol. The van der Waals surface area contributed by atoms with Crippen LogP contribution in [0.25, 0.3) is 0 Å². The van der Waals surface area contributed by atoms with Gasteiger partial charge in [-0.3, -0.25) is 4.79 Å². The highest BCUT2D eigenvalue weighted by molar-refractivity contribution is 8.12. The minimum absolute atomic E-state index is 0.149. The third-order valence-corrected chi connectivity index (χ3v) is 2.76. The second-order valence-corrected chi connectivity index (χ2v) is 4.35. The Kier molecular flexibility index (Phi) is 3.08. The van der Waals surface area contributed by atoms with Gasteiger partial charge >= 0.3 is 0 Å². The average Bonchev–Trinajstić information content (AvgIpc) is 2.31. The molecule has 0 radical (unpaired) electrons. The van der Waals surface area contributed by atoms with Crippen LogP contribution in [0, 0.1) is 6.92 Å². The second-order valence-electron chi connectivity index (χ2n) is 2.14. The Morgan fingerprint density at radius 1 is 1.82 bits per heavy atom. The predicted octanol–water partition coefficient (Wildman–Crippen LogP) is 2.23. The highest BCUT2D eigenvalue weighted by Gasteiger charge is 1.99. The lowest BCUT2D eigenvalue weighted by Crippen LogP contribution is -1.85. The maximum absolute atomic E-state index is 10.6. The SMILES string of the molecule is CC(=O)SCc1csc(C)n1. The van der Waals surface area contributed by atoms with E-state index in [0.717, 1.165) is 10.7 Å². The molecule has 0 N–H and O–H groups in total. The smallest absolute Gasteiger partial charge is 0.186 e. The number of aryl methyl sites for hydroxylation is 1. The van der Waals surface area contributed by atoms with Gasteiger partial charge in [0.05, 0.1) is 10.7 Å². The number of thiazole rings is 1. The Morgan fingerprint density at radius 3 is 3.00 bits per heavy atom. The first-order valence-corrected chi connectivity index (χ1v) is 5.09. The topological polar surface area (TPSA) is 30.0 Å². The van der Waals surface area contributed by atoms with Crippen LogP contribution in [0.2, 0.25) is 0 Å². The molecule has 0 aliphatic carbocycles. The number of carbonyl (C=O) groups is 1. The summed E-state index contributed by atoms with van der Waals surface area (Å²) in [5.74, 6) is 0.708. The molecule has 0 aliphatic rings. The van der Waals surface area contributed by atoms with E-state index in [4.69, 9.17) is 0 Å². The van der Waals surface area contributed by atoms with Gasteiger partial charge in [0.25, 0.3) is 0 Å². The van der Waals surface area contributed by atoms with Crippen molar-refractivity contribution in [3.63, 3.8) is 0 Å². The van der Waals surface area contributed by atoms with E-state index in [9.17, 15) is 4.79 Å². The maximum Gasteiger partial charge on any atom is 0.186 e. The van der Waals surface area contributed by atoms with Crippen LogP contribution in [0.4, 0.5) is 0 Å². The lowest BCUT2D eigenvalue weighted by atomic mass is 10.6. The van der Waals surface area contributed by atoms with Crippen LogP contribution >= 0.6 is 23.1 Å². The monoisotopic (exact) mass is 187 g/mol. The summed E-state index contributed by atoms with van der Waals surface area (Å²) in [5.41, 5.74) is 1.01. The third kappa shape index (κ3) is 3.03. The highest BCUT2D eigenvalue weighted by atomic mass is 32.2. The fourth-order valence-electron chi connectivity index (χ4n) is 0.650. The van der Waals surface area contributed by atoms with Crippen molar-refractivity contribution in [3.05, 3.63) is 16.1 Å². The zero-order chi connectivity index (χ0) is 8.27. The van der Waals surface area contributed by atoms with Crippen molar-refractivity contribution in [1.29, 1.82) is 0 Å². The normalized spacial score (nSPS) is 10.0. The molecule has 0 bridgehead atoms. The largest absolute Gasteiger partial charge is 0.288 e. The molecule has 0 saturated heterocycles. The van der Waals surface area contributed by atoms with Crippen LogP contribution in [0.1, 0.15) is 17.6 Å². The summed E-state index contributed by atoms with van der Waals surface area (Å²) in [6.45, 7) is 3.54. The van der Waals surface area contributed by atoms with Crippen LogP contribution < -0.4 is 0 Å². The summed E-state index contributed by atoms with van der Waals surface area (Å²) in [7, 11) is 0. The van der Waals surface area contributed by atoms with Gasteiger partial charge in [-0.25, -0.2) is 4.98 Å². The lowest BCUT2D eigenvalue weighted by molar-refractivity contribution is -0.109. The summed E-state index contributed by atoms with van der Waals surface area (Å²) in [4.78, 5) is 14.8. The molecule has 1 rings (SSSR count). The number of rotatable bonds is 2. The number of nitrogens with zero attached hydrogens (tertiary/aromatic N) is 1. The fraction of sp³-hybridized carbons (Fsp3) is 0.429. The molecule has 1 heterocycles. The zero-order valence-electron chi connectivity index (χ0n) is 6.46. The number of aromatic nitrogens is 1. The first kappa shape index (κ1) is 8.74. The molecule has 60 valence electrons. The van der Waals surface area contributed by atoms with Crippen molar-refractivity contribution in [2.45, 2.75) is 19.6 Å². The Morgan fingerprint density at radius 2 is 2.55 bits per heavy atom. The van der Waals surface area contributed by atoms with Crippen LogP contribution in [-0.4, -0.2) is 10.1 Å². The fourth-order valence-corrected chi connectivity index (χ4v) is 1.87. The van der Waals surface area contributed by atoms with E-state index in [1.165, 1.54) is 11.8 Å². The minimum atomic E-state index is 0.149. The van der Waals surface area contributed by atoms with E-state index >= 15 is 0 Å². The molecule has 0 aromatic carbocycles. The van der Waals surface area contributed by atoms with E-state index < -0.39 is 0 Å². The Hall–Kier alpha value is -0.350. The number of hydrogen-bond acceptors (Lipinski definition) is 4. The van der Waals surface area contributed by atoms with Crippen LogP contribution in [-0.2, 0) is 10.5 Å². The minimum Gasteiger partial charge on any atom is -0.288 e. The van der Waals surface area contributed by atoms with Gasteiger partial charge in [-0.1, -0.05) is 11.8 Å².